The Morgan fingerprint density at radius 3 is 1.65 bits per heavy atom. The number of carbonyl (C=O) groups is 1. The molecule has 116 valence electrons. The monoisotopic (exact) mass is 281 g/mol. The van der Waals surface area contributed by atoms with E-state index in [0.29, 0.717) is 12.0 Å². The van der Waals surface area contributed by atoms with Gasteiger partial charge in [0.2, 0.25) is 0 Å². The van der Waals surface area contributed by atoms with Crippen LogP contribution in [0.3, 0.4) is 0 Å². The first-order chi connectivity index (χ1) is 9.77. The minimum absolute atomic E-state index is 0.284. The van der Waals surface area contributed by atoms with Gasteiger partial charge in [0, 0.05) is 6.04 Å². The first-order valence-corrected chi connectivity index (χ1v) is 8.76. The van der Waals surface area contributed by atoms with Crippen molar-refractivity contribution in [3.8, 4) is 0 Å². The number of nitrogens with one attached hydrogen (secondary N) is 1. The van der Waals surface area contributed by atoms with Crippen LogP contribution in [0.4, 0.5) is 0 Å². The number of hydrogen-bond acceptors (Lipinski definition) is 2. The molecule has 0 aliphatic heterocycles. The number of carboxylic acid groups (broad SMARTS) is 1. The van der Waals surface area contributed by atoms with Gasteiger partial charge < -0.3 is 10.4 Å². The Kier molecular flexibility index (Phi) is 6.85. The summed E-state index contributed by atoms with van der Waals surface area (Å²) in [5.41, 5.74) is 0. The van der Waals surface area contributed by atoms with Gasteiger partial charge in [-0.2, -0.15) is 0 Å². The van der Waals surface area contributed by atoms with E-state index < -0.39 is 5.97 Å². The number of carboxylic acids is 1. The van der Waals surface area contributed by atoms with Crippen molar-refractivity contribution in [2.45, 2.75) is 95.6 Å². The third kappa shape index (κ3) is 5.82. The molecule has 0 heterocycles. The quantitative estimate of drug-likeness (QED) is 0.815. The van der Waals surface area contributed by atoms with Crippen LogP contribution >= 0.6 is 0 Å². The summed E-state index contributed by atoms with van der Waals surface area (Å²) < 4.78 is 0. The van der Waals surface area contributed by atoms with Gasteiger partial charge in [-0.25, -0.2) is 0 Å². The molecule has 0 spiro atoms. The largest absolute Gasteiger partial charge is 0.480 e. The molecule has 3 heteroatoms. The summed E-state index contributed by atoms with van der Waals surface area (Å²) >= 11 is 0. The maximum absolute atomic E-state index is 11.4. The van der Waals surface area contributed by atoms with E-state index in [0.717, 1.165) is 25.7 Å². The summed E-state index contributed by atoms with van der Waals surface area (Å²) in [6, 6.07) is 0.143. The minimum Gasteiger partial charge on any atom is -0.480 e. The molecular formula is C17H31NO2. The summed E-state index contributed by atoms with van der Waals surface area (Å²) in [5, 5.41) is 12.8. The van der Waals surface area contributed by atoms with Crippen molar-refractivity contribution >= 4 is 5.97 Å². The van der Waals surface area contributed by atoms with E-state index in [4.69, 9.17) is 0 Å². The van der Waals surface area contributed by atoms with Gasteiger partial charge in [0.15, 0.2) is 0 Å². The van der Waals surface area contributed by atoms with Crippen molar-refractivity contribution in [2.75, 3.05) is 0 Å². The molecule has 0 aromatic carbocycles. The fourth-order valence-electron chi connectivity index (χ4n) is 3.42. The van der Waals surface area contributed by atoms with Crippen LogP contribution in [-0.2, 0) is 4.79 Å². The molecule has 20 heavy (non-hydrogen) atoms. The van der Waals surface area contributed by atoms with Crippen LogP contribution in [0.15, 0.2) is 0 Å². The van der Waals surface area contributed by atoms with Crippen molar-refractivity contribution < 1.29 is 9.90 Å². The number of hydrogen-bond donors (Lipinski definition) is 2. The van der Waals surface area contributed by atoms with Crippen molar-refractivity contribution in [3.05, 3.63) is 0 Å². The molecule has 0 saturated heterocycles. The summed E-state index contributed by atoms with van der Waals surface area (Å²) in [5.74, 6) is -0.243. The van der Waals surface area contributed by atoms with Gasteiger partial charge in [-0.1, -0.05) is 57.8 Å². The fraction of sp³-hybridized carbons (Fsp3) is 0.941. The first-order valence-electron chi connectivity index (χ1n) is 8.76. The lowest BCUT2D eigenvalue weighted by Gasteiger charge is -2.24. The van der Waals surface area contributed by atoms with Crippen molar-refractivity contribution in [2.24, 2.45) is 5.92 Å². The van der Waals surface area contributed by atoms with E-state index in [9.17, 15) is 9.90 Å². The SMILES string of the molecule is O=C(O)C(NC1CCCCCCCCCCC1)C1CC1. The third-order valence-electron chi connectivity index (χ3n) is 4.88. The molecule has 0 amide bonds. The van der Waals surface area contributed by atoms with Crippen LogP contribution in [0.2, 0.25) is 0 Å². The topological polar surface area (TPSA) is 49.3 Å². The molecule has 2 rings (SSSR count). The van der Waals surface area contributed by atoms with Crippen LogP contribution in [0, 0.1) is 5.92 Å². The Bertz CT molecular complexity index is 277. The smallest absolute Gasteiger partial charge is 0.320 e. The molecule has 0 aromatic rings. The van der Waals surface area contributed by atoms with E-state index in [1.807, 2.05) is 0 Å². The lowest BCUT2D eigenvalue weighted by Crippen LogP contribution is -2.44. The highest BCUT2D eigenvalue weighted by atomic mass is 16.4. The van der Waals surface area contributed by atoms with E-state index >= 15 is 0 Å². The van der Waals surface area contributed by atoms with E-state index in [1.165, 1.54) is 57.8 Å². The zero-order chi connectivity index (χ0) is 14.2. The minimum atomic E-state index is -0.640. The highest BCUT2D eigenvalue weighted by molar-refractivity contribution is 5.74. The molecule has 0 bridgehead atoms. The maximum Gasteiger partial charge on any atom is 0.320 e. The highest BCUT2D eigenvalue weighted by Crippen LogP contribution is 2.33. The summed E-state index contributed by atoms with van der Waals surface area (Å²) in [6.45, 7) is 0. The van der Waals surface area contributed by atoms with Gasteiger partial charge in [-0.3, -0.25) is 4.79 Å². The Balaban J connectivity index is 1.79. The molecule has 2 saturated carbocycles. The molecule has 3 nitrogen and oxygen atoms in total. The molecule has 2 N–H and O–H groups in total. The lowest BCUT2D eigenvalue weighted by molar-refractivity contribution is -0.140. The van der Waals surface area contributed by atoms with Gasteiger partial charge in [-0.05, 0) is 31.6 Å². The Morgan fingerprint density at radius 1 is 0.800 bits per heavy atom. The number of aliphatic carboxylic acids is 1. The van der Waals surface area contributed by atoms with Crippen molar-refractivity contribution in [3.63, 3.8) is 0 Å². The van der Waals surface area contributed by atoms with Gasteiger partial charge in [0.05, 0.1) is 0 Å². The molecule has 0 aromatic heterocycles. The lowest BCUT2D eigenvalue weighted by atomic mass is 9.97. The van der Waals surface area contributed by atoms with Crippen LogP contribution in [0.5, 0.6) is 0 Å². The molecule has 1 unspecified atom stereocenters. The zero-order valence-electron chi connectivity index (χ0n) is 12.8. The standard InChI is InChI=1S/C17H31NO2/c19-17(20)16(14-12-13-14)18-15-10-8-6-4-2-1-3-5-7-9-11-15/h14-16,18H,1-13H2,(H,19,20). The first kappa shape index (κ1) is 15.8. The molecule has 1 atom stereocenters. The number of rotatable bonds is 4. The van der Waals surface area contributed by atoms with E-state index in [-0.39, 0.29) is 6.04 Å². The van der Waals surface area contributed by atoms with Crippen LogP contribution in [-0.4, -0.2) is 23.2 Å². The van der Waals surface area contributed by atoms with Gasteiger partial charge in [0.1, 0.15) is 6.04 Å². The van der Waals surface area contributed by atoms with Gasteiger partial charge >= 0.3 is 5.97 Å². The molecule has 2 fully saturated rings. The molecule has 2 aliphatic carbocycles. The third-order valence-corrected chi connectivity index (χ3v) is 4.88. The average Bonchev–Trinajstić information content (AvgIpc) is 3.22. The van der Waals surface area contributed by atoms with Crippen LogP contribution in [0.25, 0.3) is 0 Å². The van der Waals surface area contributed by atoms with E-state index in [2.05, 4.69) is 5.32 Å². The second kappa shape index (κ2) is 8.66. The summed E-state index contributed by atoms with van der Waals surface area (Å²) in [4.78, 5) is 11.4. The zero-order valence-corrected chi connectivity index (χ0v) is 12.8. The van der Waals surface area contributed by atoms with Crippen molar-refractivity contribution in [1.29, 1.82) is 0 Å². The van der Waals surface area contributed by atoms with Gasteiger partial charge in [0.25, 0.3) is 0 Å². The predicted octanol–water partition coefficient (Wildman–Crippen LogP) is 4.11. The second-order valence-corrected chi connectivity index (χ2v) is 6.78. The summed E-state index contributed by atoms with van der Waals surface area (Å²) in [6.07, 6.45) is 16.6. The highest BCUT2D eigenvalue weighted by Gasteiger charge is 2.37. The molecule has 0 radical (unpaired) electrons. The summed E-state index contributed by atoms with van der Waals surface area (Å²) in [7, 11) is 0. The van der Waals surface area contributed by atoms with Crippen molar-refractivity contribution in [1.82, 2.24) is 5.32 Å². The fourth-order valence-corrected chi connectivity index (χ4v) is 3.42. The Labute approximate surface area is 123 Å². The Morgan fingerprint density at radius 2 is 1.25 bits per heavy atom. The van der Waals surface area contributed by atoms with E-state index in [1.54, 1.807) is 0 Å². The molecular weight excluding hydrogens is 250 g/mol. The average molecular weight is 281 g/mol. The maximum atomic E-state index is 11.4. The second-order valence-electron chi connectivity index (χ2n) is 6.78. The van der Waals surface area contributed by atoms with Crippen LogP contribution in [0.1, 0.15) is 83.5 Å². The van der Waals surface area contributed by atoms with Crippen LogP contribution < -0.4 is 5.32 Å². The normalized spacial score (nSPS) is 25.4. The predicted molar refractivity (Wildman–Crippen MR) is 81.9 cm³/mol. The Hall–Kier alpha value is -0.570. The van der Waals surface area contributed by atoms with Gasteiger partial charge in [-0.15, -0.1) is 0 Å². The molecule has 2 aliphatic rings.